The number of carbonyl (C=O) groups is 1. The van der Waals surface area contributed by atoms with Crippen LogP contribution in [0.3, 0.4) is 0 Å². The van der Waals surface area contributed by atoms with Crippen LogP contribution < -0.4 is 10.6 Å². The van der Waals surface area contributed by atoms with Crippen molar-refractivity contribution in [2.75, 3.05) is 18.4 Å². The van der Waals surface area contributed by atoms with Gasteiger partial charge in [0.15, 0.2) is 0 Å². The minimum atomic E-state index is -0.341. The Hall–Kier alpha value is -1.42. The molecule has 1 fully saturated rings. The number of nitrogens with one attached hydrogen (secondary N) is 2. The summed E-state index contributed by atoms with van der Waals surface area (Å²) in [6.07, 6.45) is 5.13. The van der Waals surface area contributed by atoms with Gasteiger partial charge in [-0.2, -0.15) is 0 Å². The molecule has 2 N–H and O–H groups in total. The number of hydrogen-bond donors (Lipinski definition) is 2. The number of halogens is 1. The predicted molar refractivity (Wildman–Crippen MR) is 79.0 cm³/mol. The van der Waals surface area contributed by atoms with E-state index in [4.69, 9.17) is 0 Å². The third-order valence-electron chi connectivity index (χ3n) is 3.87. The van der Waals surface area contributed by atoms with Gasteiger partial charge in [0, 0.05) is 5.69 Å². The van der Waals surface area contributed by atoms with Crippen molar-refractivity contribution in [2.24, 2.45) is 11.8 Å². The highest BCUT2D eigenvalue weighted by Gasteiger charge is 2.18. The lowest BCUT2D eigenvalue weighted by atomic mass is 9.82. The first-order chi connectivity index (χ1) is 9.63. The first-order valence-corrected chi connectivity index (χ1v) is 7.39. The van der Waals surface area contributed by atoms with Gasteiger partial charge in [0.25, 0.3) is 0 Å². The van der Waals surface area contributed by atoms with Gasteiger partial charge in [-0.25, -0.2) is 4.39 Å². The number of anilines is 1. The molecule has 1 saturated carbocycles. The molecule has 4 heteroatoms. The number of amides is 1. The number of carbonyl (C=O) groups excluding carboxylic acids is 1. The molecule has 1 aliphatic carbocycles. The van der Waals surface area contributed by atoms with Crippen LogP contribution in [0.1, 0.15) is 32.6 Å². The fraction of sp³-hybridized carbons (Fsp3) is 0.562. The van der Waals surface area contributed by atoms with Gasteiger partial charge in [-0.05, 0) is 49.4 Å². The molecule has 0 saturated heterocycles. The summed E-state index contributed by atoms with van der Waals surface area (Å²) in [7, 11) is 0. The van der Waals surface area contributed by atoms with Gasteiger partial charge in [-0.15, -0.1) is 0 Å². The Morgan fingerprint density at radius 3 is 3.00 bits per heavy atom. The maximum absolute atomic E-state index is 13.0. The molecule has 1 aliphatic rings. The van der Waals surface area contributed by atoms with Crippen LogP contribution in [0.15, 0.2) is 24.3 Å². The van der Waals surface area contributed by atoms with Crippen LogP contribution in [0, 0.1) is 17.7 Å². The van der Waals surface area contributed by atoms with Crippen LogP contribution in [-0.2, 0) is 4.79 Å². The molecule has 0 heterocycles. The lowest BCUT2D eigenvalue weighted by molar-refractivity contribution is -0.115. The Morgan fingerprint density at radius 1 is 1.40 bits per heavy atom. The summed E-state index contributed by atoms with van der Waals surface area (Å²) in [5, 5.41) is 5.89. The van der Waals surface area contributed by atoms with Crippen LogP contribution in [0.2, 0.25) is 0 Å². The second kappa shape index (κ2) is 7.39. The molecule has 1 amide bonds. The Balaban J connectivity index is 1.67. The average Bonchev–Trinajstić information content (AvgIpc) is 2.38. The van der Waals surface area contributed by atoms with Gasteiger partial charge in [0.05, 0.1) is 6.54 Å². The van der Waals surface area contributed by atoms with Gasteiger partial charge in [-0.1, -0.05) is 25.8 Å². The summed E-state index contributed by atoms with van der Waals surface area (Å²) in [4.78, 5) is 11.7. The van der Waals surface area contributed by atoms with Crippen molar-refractivity contribution in [2.45, 2.75) is 32.6 Å². The van der Waals surface area contributed by atoms with Crippen LogP contribution in [0.4, 0.5) is 10.1 Å². The predicted octanol–water partition coefficient (Wildman–Crippen LogP) is 3.18. The second-order valence-corrected chi connectivity index (χ2v) is 5.83. The molecule has 0 radical (unpaired) electrons. The lowest BCUT2D eigenvalue weighted by Crippen LogP contribution is -2.33. The minimum Gasteiger partial charge on any atom is -0.325 e. The summed E-state index contributed by atoms with van der Waals surface area (Å²) in [6, 6.07) is 5.95. The minimum absolute atomic E-state index is 0.126. The van der Waals surface area contributed by atoms with E-state index in [0.717, 1.165) is 12.5 Å². The maximum atomic E-state index is 13.0. The molecule has 1 aromatic carbocycles. The van der Waals surface area contributed by atoms with Crippen molar-refractivity contribution in [1.29, 1.82) is 0 Å². The highest BCUT2D eigenvalue weighted by atomic mass is 19.1. The number of rotatable bonds is 5. The molecular weight excluding hydrogens is 255 g/mol. The van der Waals surface area contributed by atoms with Crippen molar-refractivity contribution >= 4 is 11.6 Å². The molecule has 0 spiro atoms. The summed E-state index contributed by atoms with van der Waals surface area (Å²) >= 11 is 0. The Morgan fingerprint density at radius 2 is 2.25 bits per heavy atom. The highest BCUT2D eigenvalue weighted by molar-refractivity contribution is 5.92. The van der Waals surface area contributed by atoms with Crippen LogP contribution in [0.5, 0.6) is 0 Å². The molecule has 1 aromatic rings. The lowest BCUT2D eigenvalue weighted by Gasteiger charge is -2.26. The molecule has 2 unspecified atom stereocenters. The molecular formula is C16H23FN2O. The van der Waals surface area contributed by atoms with E-state index in [1.807, 2.05) is 0 Å². The van der Waals surface area contributed by atoms with E-state index in [0.29, 0.717) is 11.6 Å². The standard InChI is InChI=1S/C16H23FN2O/c1-12-4-2-5-13(8-12)10-18-11-16(20)19-15-7-3-6-14(17)9-15/h3,6-7,9,12-13,18H,2,4-5,8,10-11H2,1H3,(H,19,20). The summed E-state index contributed by atoms with van der Waals surface area (Å²) in [5.41, 5.74) is 0.503. The van der Waals surface area contributed by atoms with Crippen molar-refractivity contribution in [3.05, 3.63) is 30.1 Å². The zero-order valence-corrected chi connectivity index (χ0v) is 12.0. The van der Waals surface area contributed by atoms with E-state index in [1.165, 1.54) is 37.8 Å². The number of benzene rings is 1. The summed E-state index contributed by atoms with van der Waals surface area (Å²) in [5.74, 6) is 1.02. The van der Waals surface area contributed by atoms with E-state index in [-0.39, 0.29) is 18.3 Å². The van der Waals surface area contributed by atoms with Crippen molar-refractivity contribution < 1.29 is 9.18 Å². The topological polar surface area (TPSA) is 41.1 Å². The second-order valence-electron chi connectivity index (χ2n) is 5.83. The molecule has 3 nitrogen and oxygen atoms in total. The molecule has 2 rings (SSSR count). The van der Waals surface area contributed by atoms with Gasteiger partial charge in [0.2, 0.25) is 5.91 Å². The van der Waals surface area contributed by atoms with Crippen molar-refractivity contribution in [3.63, 3.8) is 0 Å². The summed E-state index contributed by atoms with van der Waals surface area (Å²) < 4.78 is 13.0. The number of hydrogen-bond acceptors (Lipinski definition) is 2. The van der Waals surface area contributed by atoms with Gasteiger partial charge >= 0.3 is 0 Å². The largest absolute Gasteiger partial charge is 0.325 e. The maximum Gasteiger partial charge on any atom is 0.238 e. The van der Waals surface area contributed by atoms with E-state index < -0.39 is 0 Å². The zero-order chi connectivity index (χ0) is 14.4. The quantitative estimate of drug-likeness (QED) is 0.868. The Kier molecular flexibility index (Phi) is 5.53. The molecule has 2 atom stereocenters. The molecule has 0 bridgehead atoms. The van der Waals surface area contributed by atoms with Crippen LogP contribution >= 0.6 is 0 Å². The molecule has 0 aromatic heterocycles. The smallest absolute Gasteiger partial charge is 0.238 e. The van der Waals surface area contributed by atoms with Crippen molar-refractivity contribution in [3.8, 4) is 0 Å². The average molecular weight is 278 g/mol. The Bertz CT molecular complexity index is 450. The molecule has 110 valence electrons. The van der Waals surface area contributed by atoms with E-state index in [2.05, 4.69) is 17.6 Å². The van der Waals surface area contributed by atoms with Crippen LogP contribution in [0.25, 0.3) is 0 Å². The highest BCUT2D eigenvalue weighted by Crippen LogP contribution is 2.27. The summed E-state index contributed by atoms with van der Waals surface area (Å²) in [6.45, 7) is 3.46. The molecule has 20 heavy (non-hydrogen) atoms. The fourth-order valence-electron chi connectivity index (χ4n) is 2.91. The third kappa shape index (κ3) is 4.93. The fourth-order valence-corrected chi connectivity index (χ4v) is 2.91. The zero-order valence-electron chi connectivity index (χ0n) is 12.0. The Labute approximate surface area is 120 Å². The van der Waals surface area contributed by atoms with E-state index in [9.17, 15) is 9.18 Å². The van der Waals surface area contributed by atoms with Gasteiger partial charge in [0.1, 0.15) is 5.82 Å². The monoisotopic (exact) mass is 278 g/mol. The van der Waals surface area contributed by atoms with E-state index in [1.54, 1.807) is 12.1 Å². The van der Waals surface area contributed by atoms with Crippen molar-refractivity contribution in [1.82, 2.24) is 5.32 Å². The SMILES string of the molecule is CC1CCCC(CNCC(=O)Nc2cccc(F)c2)C1. The van der Waals surface area contributed by atoms with Gasteiger partial charge in [-0.3, -0.25) is 4.79 Å². The van der Waals surface area contributed by atoms with Crippen LogP contribution in [-0.4, -0.2) is 19.0 Å². The first kappa shape index (κ1) is 15.0. The molecule has 0 aliphatic heterocycles. The van der Waals surface area contributed by atoms with Gasteiger partial charge < -0.3 is 10.6 Å². The van der Waals surface area contributed by atoms with E-state index >= 15 is 0 Å². The first-order valence-electron chi connectivity index (χ1n) is 7.39. The normalized spacial score (nSPS) is 22.5. The third-order valence-corrected chi connectivity index (χ3v) is 3.87.